The predicted octanol–water partition coefficient (Wildman–Crippen LogP) is 9.94. The monoisotopic (exact) mass is 805 g/mol. The molecule has 0 aliphatic carbocycles. The molecule has 1 aliphatic rings. The van der Waals surface area contributed by atoms with E-state index < -0.39 is 20.4 Å². The van der Waals surface area contributed by atoms with Crippen molar-refractivity contribution in [2.75, 3.05) is 39.1 Å². The van der Waals surface area contributed by atoms with Gasteiger partial charge in [-0.15, -0.1) is 0 Å². The van der Waals surface area contributed by atoms with Crippen LogP contribution in [0.1, 0.15) is 64.2 Å². The third-order valence-electron chi connectivity index (χ3n) is 11.3. The summed E-state index contributed by atoms with van der Waals surface area (Å²) in [6.45, 7) is 11.7. The standard InChI is InChI=1S/C48H60NO4PSSi/c1-6-51-54(55,52-7-2)38-40-36-49-44(37-53-56(47(3,4)5,45-29-19-11-20-30-45)46-31-21-12-22-32-46)35-39(40)33-34-50-48(41-23-13-8-14-24-41,42-25-15-9-16-26-42)43-27-17-10-18-28-43/h8-32,39-40,44,49H,6-7,33-38H2,1-5H3/t39-,40-,44-/m0/s1. The first-order chi connectivity index (χ1) is 27.1. The number of benzene rings is 5. The SMILES string of the molecule is CCOP(=S)(C[C@@H]1CN[C@H](CO[Si](c2ccccc2)(c2ccccc2)C(C)(C)C)C[C@@H]1CCOC(c1ccccc1)(c1ccccc1)c1ccccc1)OCC. The summed E-state index contributed by atoms with van der Waals surface area (Å²) < 4.78 is 27.3. The van der Waals surface area contributed by atoms with Gasteiger partial charge in [-0.05, 0) is 89.0 Å². The minimum Gasteiger partial charge on any atom is -0.406 e. The van der Waals surface area contributed by atoms with E-state index in [1.165, 1.54) is 10.4 Å². The van der Waals surface area contributed by atoms with Gasteiger partial charge >= 0.3 is 0 Å². The zero-order chi connectivity index (χ0) is 39.5. The van der Waals surface area contributed by atoms with Crippen molar-refractivity contribution in [1.82, 2.24) is 5.32 Å². The first kappa shape index (κ1) is 42.4. The molecule has 5 aromatic carbocycles. The molecule has 0 bridgehead atoms. The van der Waals surface area contributed by atoms with Crippen LogP contribution in [0, 0.1) is 11.8 Å². The van der Waals surface area contributed by atoms with E-state index in [1.54, 1.807) is 0 Å². The van der Waals surface area contributed by atoms with Gasteiger partial charge < -0.3 is 23.5 Å². The third kappa shape index (κ3) is 9.55. The topological polar surface area (TPSA) is 49.0 Å². The number of hydrogen-bond donors (Lipinski definition) is 1. The molecule has 5 nitrogen and oxygen atoms in total. The van der Waals surface area contributed by atoms with Crippen LogP contribution in [0.15, 0.2) is 152 Å². The Morgan fingerprint density at radius 1 is 0.643 bits per heavy atom. The molecule has 3 atom stereocenters. The van der Waals surface area contributed by atoms with Gasteiger partial charge in [0.2, 0.25) is 0 Å². The minimum atomic E-state index is -2.71. The van der Waals surface area contributed by atoms with Gasteiger partial charge in [-0.25, -0.2) is 0 Å². The Labute approximate surface area is 342 Å². The van der Waals surface area contributed by atoms with Crippen molar-refractivity contribution in [2.45, 2.75) is 64.1 Å². The van der Waals surface area contributed by atoms with Gasteiger partial charge in [0, 0.05) is 18.8 Å². The fourth-order valence-electron chi connectivity index (χ4n) is 8.76. The summed E-state index contributed by atoms with van der Waals surface area (Å²) in [4.78, 5) is 0. The highest BCUT2D eigenvalue weighted by Crippen LogP contribution is 2.52. The van der Waals surface area contributed by atoms with Crippen LogP contribution in [0.3, 0.4) is 0 Å². The lowest BCUT2D eigenvalue weighted by molar-refractivity contribution is -0.00171. The lowest BCUT2D eigenvalue weighted by Gasteiger charge is -2.45. The zero-order valence-corrected chi connectivity index (χ0v) is 36.5. The van der Waals surface area contributed by atoms with Crippen LogP contribution in [-0.4, -0.2) is 53.5 Å². The second-order valence-electron chi connectivity index (χ2n) is 15.9. The Morgan fingerprint density at radius 2 is 1.07 bits per heavy atom. The largest absolute Gasteiger partial charge is 0.406 e. The van der Waals surface area contributed by atoms with Crippen LogP contribution < -0.4 is 15.7 Å². The van der Waals surface area contributed by atoms with E-state index in [1.807, 2.05) is 13.8 Å². The molecule has 5 aromatic rings. The average molecular weight is 806 g/mol. The Bertz CT molecular complexity index is 1800. The summed E-state index contributed by atoms with van der Waals surface area (Å²) in [5.41, 5.74) is 2.56. The fraction of sp³-hybridized carbons (Fsp3) is 0.375. The van der Waals surface area contributed by atoms with Crippen molar-refractivity contribution >= 4 is 37.0 Å². The maximum absolute atomic E-state index is 7.48. The normalized spacial score (nSPS) is 18.1. The molecule has 1 heterocycles. The molecule has 1 fully saturated rings. The molecule has 1 aliphatic heterocycles. The fourth-order valence-corrected chi connectivity index (χ4v) is 16.6. The highest BCUT2D eigenvalue weighted by Gasteiger charge is 2.51. The minimum absolute atomic E-state index is 0.100. The van der Waals surface area contributed by atoms with Crippen molar-refractivity contribution in [3.05, 3.63) is 168 Å². The summed E-state index contributed by atoms with van der Waals surface area (Å²) >= 11 is 6.16. The average Bonchev–Trinajstić information content (AvgIpc) is 3.22. The van der Waals surface area contributed by atoms with Crippen molar-refractivity contribution in [2.24, 2.45) is 11.8 Å². The Kier molecular flexibility index (Phi) is 14.7. The quantitative estimate of drug-likeness (QED) is 0.0541. The molecule has 56 heavy (non-hydrogen) atoms. The van der Waals surface area contributed by atoms with Gasteiger partial charge in [0.15, 0.2) is 6.49 Å². The summed E-state index contributed by atoms with van der Waals surface area (Å²) in [6.07, 6.45) is 2.53. The van der Waals surface area contributed by atoms with E-state index in [2.05, 4.69) is 178 Å². The van der Waals surface area contributed by atoms with Crippen molar-refractivity contribution in [3.8, 4) is 0 Å². The van der Waals surface area contributed by atoms with E-state index in [-0.39, 0.29) is 17.0 Å². The van der Waals surface area contributed by atoms with Gasteiger partial charge in [-0.3, -0.25) is 0 Å². The highest BCUT2D eigenvalue weighted by molar-refractivity contribution is 8.09. The third-order valence-corrected chi connectivity index (χ3v) is 19.6. The Morgan fingerprint density at radius 3 is 1.48 bits per heavy atom. The van der Waals surface area contributed by atoms with Gasteiger partial charge in [0.25, 0.3) is 8.32 Å². The number of hydrogen-bond acceptors (Lipinski definition) is 6. The summed E-state index contributed by atoms with van der Waals surface area (Å²) in [5.74, 6) is 0.582. The lowest BCUT2D eigenvalue weighted by atomic mass is 9.79. The lowest BCUT2D eigenvalue weighted by Crippen LogP contribution is -2.67. The maximum Gasteiger partial charge on any atom is 0.261 e. The summed E-state index contributed by atoms with van der Waals surface area (Å²) in [6, 6.07) is 54.0. The van der Waals surface area contributed by atoms with E-state index in [9.17, 15) is 0 Å². The van der Waals surface area contributed by atoms with E-state index in [0.29, 0.717) is 32.3 Å². The van der Waals surface area contributed by atoms with E-state index >= 15 is 0 Å². The maximum atomic E-state index is 7.48. The van der Waals surface area contributed by atoms with Crippen LogP contribution in [0.2, 0.25) is 5.04 Å². The molecule has 0 aromatic heterocycles. The first-order valence-corrected chi connectivity index (χ1v) is 25.1. The number of ether oxygens (including phenoxy) is 1. The Hall–Kier alpha value is -3.23. The second-order valence-corrected chi connectivity index (χ2v) is 24.0. The van der Waals surface area contributed by atoms with E-state index in [4.69, 9.17) is 30.0 Å². The zero-order valence-electron chi connectivity index (χ0n) is 33.8. The smallest absolute Gasteiger partial charge is 0.261 e. The van der Waals surface area contributed by atoms with Gasteiger partial charge in [-0.2, -0.15) is 0 Å². The molecular weight excluding hydrogens is 746 g/mol. The molecule has 0 amide bonds. The van der Waals surface area contributed by atoms with Gasteiger partial charge in [0.1, 0.15) is 5.60 Å². The molecule has 0 radical (unpaired) electrons. The molecule has 0 spiro atoms. The summed E-state index contributed by atoms with van der Waals surface area (Å²) in [7, 11) is -2.71. The van der Waals surface area contributed by atoms with Crippen molar-refractivity contribution in [3.63, 3.8) is 0 Å². The second kappa shape index (κ2) is 19.5. The van der Waals surface area contributed by atoms with Crippen LogP contribution in [0.5, 0.6) is 0 Å². The van der Waals surface area contributed by atoms with Crippen LogP contribution in [0.25, 0.3) is 0 Å². The molecule has 0 saturated carbocycles. The highest BCUT2D eigenvalue weighted by atomic mass is 32.5. The molecule has 1 saturated heterocycles. The summed E-state index contributed by atoms with van der Waals surface area (Å²) in [5, 5.41) is 6.43. The van der Waals surface area contributed by atoms with Crippen LogP contribution in [-0.2, 0) is 35.6 Å². The molecular formula is C48H60NO4PSSi. The van der Waals surface area contributed by atoms with Gasteiger partial charge in [0.05, 0.1) is 19.8 Å². The Balaban J connectivity index is 1.31. The number of piperidine rings is 1. The molecule has 1 N–H and O–H groups in total. The molecule has 6 rings (SSSR count). The van der Waals surface area contributed by atoms with Crippen molar-refractivity contribution in [1.29, 1.82) is 0 Å². The number of rotatable bonds is 18. The van der Waals surface area contributed by atoms with Crippen LogP contribution >= 0.6 is 6.49 Å². The van der Waals surface area contributed by atoms with Crippen molar-refractivity contribution < 1.29 is 18.2 Å². The molecule has 8 heteroatoms. The number of nitrogens with one attached hydrogen (secondary N) is 1. The van der Waals surface area contributed by atoms with Gasteiger partial charge in [-0.1, -0.05) is 172 Å². The molecule has 0 unspecified atom stereocenters. The first-order valence-electron chi connectivity index (χ1n) is 20.3. The molecule has 296 valence electrons. The van der Waals surface area contributed by atoms with E-state index in [0.717, 1.165) is 42.2 Å². The predicted molar refractivity (Wildman–Crippen MR) is 239 cm³/mol. The van der Waals surface area contributed by atoms with Crippen LogP contribution in [0.4, 0.5) is 0 Å².